The van der Waals surface area contributed by atoms with E-state index in [-0.39, 0.29) is 0 Å². The van der Waals surface area contributed by atoms with E-state index in [9.17, 15) is 8.78 Å². The van der Waals surface area contributed by atoms with Crippen molar-refractivity contribution in [1.82, 2.24) is 20.1 Å². The van der Waals surface area contributed by atoms with Crippen molar-refractivity contribution in [2.75, 3.05) is 6.54 Å². The number of benzene rings is 1. The lowest BCUT2D eigenvalue weighted by Gasteiger charge is -2.16. The topological polar surface area (TPSA) is 42.7 Å². The fourth-order valence-electron chi connectivity index (χ4n) is 3.10. The van der Waals surface area contributed by atoms with Crippen molar-refractivity contribution in [3.05, 3.63) is 71.2 Å². The molecular formula is C18H16F2N4. The van der Waals surface area contributed by atoms with Crippen molar-refractivity contribution in [1.29, 1.82) is 0 Å². The van der Waals surface area contributed by atoms with Crippen LogP contribution in [-0.2, 0) is 19.5 Å². The minimum absolute atomic E-state index is 0.421. The summed E-state index contributed by atoms with van der Waals surface area (Å²) in [6.07, 6.45) is 4.34. The van der Waals surface area contributed by atoms with E-state index in [1.165, 1.54) is 6.07 Å². The highest BCUT2D eigenvalue weighted by Gasteiger charge is 2.21. The fourth-order valence-corrected chi connectivity index (χ4v) is 3.10. The lowest BCUT2D eigenvalue weighted by molar-refractivity contribution is 0.505. The summed E-state index contributed by atoms with van der Waals surface area (Å²) in [5.74, 6) is -1.66. The number of halogens is 2. The normalized spacial score (nSPS) is 13.8. The molecule has 0 saturated heterocycles. The number of fused-ring (bicyclic) bond motifs is 1. The molecule has 4 nitrogen and oxygen atoms in total. The number of pyridine rings is 1. The number of nitrogens with one attached hydrogen (secondary N) is 1. The Morgan fingerprint density at radius 3 is 2.71 bits per heavy atom. The molecule has 0 atom stereocenters. The molecule has 0 amide bonds. The summed E-state index contributed by atoms with van der Waals surface area (Å²) < 4.78 is 28.5. The van der Waals surface area contributed by atoms with E-state index < -0.39 is 11.6 Å². The highest BCUT2D eigenvalue weighted by molar-refractivity contribution is 5.64. The number of hydrogen-bond acceptors (Lipinski definition) is 3. The van der Waals surface area contributed by atoms with E-state index in [1.54, 1.807) is 18.5 Å². The molecule has 0 aliphatic carbocycles. The van der Waals surface area contributed by atoms with Gasteiger partial charge in [0.25, 0.3) is 0 Å². The molecule has 0 bridgehead atoms. The average molecular weight is 326 g/mol. The molecule has 0 saturated carbocycles. The van der Waals surface area contributed by atoms with E-state index in [1.807, 2.05) is 16.8 Å². The van der Waals surface area contributed by atoms with Gasteiger partial charge in [-0.1, -0.05) is 6.07 Å². The van der Waals surface area contributed by atoms with Crippen LogP contribution in [0.1, 0.15) is 16.8 Å². The van der Waals surface area contributed by atoms with Crippen LogP contribution in [0.4, 0.5) is 8.78 Å². The van der Waals surface area contributed by atoms with Gasteiger partial charge in [0.1, 0.15) is 0 Å². The standard InChI is InChI=1S/C18H16F2N4/c19-15-2-1-12(9-16(15)20)11-24-17-5-8-22-10-14(17)18(23-24)13-3-6-21-7-4-13/h1-4,6-7,9,22H,5,8,10-11H2. The average Bonchev–Trinajstić information content (AvgIpc) is 2.98. The Bertz CT molecular complexity index is 874. The quantitative estimate of drug-likeness (QED) is 0.805. The molecule has 6 heteroatoms. The van der Waals surface area contributed by atoms with Crippen molar-refractivity contribution in [2.24, 2.45) is 0 Å². The second kappa shape index (κ2) is 6.13. The molecule has 3 heterocycles. The number of hydrogen-bond donors (Lipinski definition) is 1. The van der Waals surface area contributed by atoms with Gasteiger partial charge in [-0.2, -0.15) is 5.10 Å². The summed E-state index contributed by atoms with van der Waals surface area (Å²) in [6.45, 7) is 2.06. The molecule has 2 aromatic heterocycles. The van der Waals surface area contributed by atoms with Crippen LogP contribution in [0.25, 0.3) is 11.3 Å². The molecule has 3 aromatic rings. The van der Waals surface area contributed by atoms with Gasteiger partial charge in [0.2, 0.25) is 0 Å². The largest absolute Gasteiger partial charge is 0.312 e. The van der Waals surface area contributed by atoms with Gasteiger partial charge in [0.15, 0.2) is 11.6 Å². The zero-order chi connectivity index (χ0) is 16.5. The van der Waals surface area contributed by atoms with Gasteiger partial charge in [-0.15, -0.1) is 0 Å². The Morgan fingerprint density at radius 1 is 1.08 bits per heavy atom. The highest BCUT2D eigenvalue weighted by atomic mass is 19.2. The molecule has 24 heavy (non-hydrogen) atoms. The molecule has 0 radical (unpaired) electrons. The summed E-state index contributed by atoms with van der Waals surface area (Å²) in [6, 6.07) is 7.85. The van der Waals surface area contributed by atoms with Crippen LogP contribution < -0.4 is 5.32 Å². The maximum absolute atomic E-state index is 13.5. The third-order valence-corrected chi connectivity index (χ3v) is 4.28. The molecule has 0 unspecified atom stereocenters. The van der Waals surface area contributed by atoms with E-state index in [2.05, 4.69) is 10.3 Å². The van der Waals surface area contributed by atoms with Crippen LogP contribution >= 0.6 is 0 Å². The summed E-state index contributed by atoms with van der Waals surface area (Å²) in [5.41, 5.74) is 4.93. The van der Waals surface area contributed by atoms with Crippen LogP contribution in [-0.4, -0.2) is 21.3 Å². The Morgan fingerprint density at radius 2 is 1.92 bits per heavy atom. The SMILES string of the molecule is Fc1ccc(Cn2nc(-c3ccncc3)c3c2CCNC3)cc1F. The van der Waals surface area contributed by atoms with Gasteiger partial charge < -0.3 is 5.32 Å². The molecule has 4 rings (SSSR count). The number of nitrogens with zero attached hydrogens (tertiary/aromatic N) is 3. The van der Waals surface area contributed by atoms with Crippen molar-refractivity contribution in [3.63, 3.8) is 0 Å². The van der Waals surface area contributed by atoms with E-state index >= 15 is 0 Å². The van der Waals surface area contributed by atoms with Crippen molar-refractivity contribution >= 4 is 0 Å². The highest BCUT2D eigenvalue weighted by Crippen LogP contribution is 2.28. The predicted molar refractivity (Wildman–Crippen MR) is 86.3 cm³/mol. The molecule has 1 aliphatic rings. The zero-order valence-electron chi connectivity index (χ0n) is 13.0. The predicted octanol–water partition coefficient (Wildman–Crippen LogP) is 2.92. The maximum Gasteiger partial charge on any atom is 0.159 e. The Kier molecular flexibility index (Phi) is 3.82. The molecule has 122 valence electrons. The third-order valence-electron chi connectivity index (χ3n) is 4.28. The van der Waals surface area contributed by atoms with Crippen LogP contribution in [0.2, 0.25) is 0 Å². The minimum atomic E-state index is -0.831. The monoisotopic (exact) mass is 326 g/mol. The Balaban J connectivity index is 1.75. The lowest BCUT2D eigenvalue weighted by Crippen LogP contribution is -2.25. The molecule has 1 aromatic carbocycles. The first-order chi connectivity index (χ1) is 11.7. The van der Waals surface area contributed by atoms with Crippen molar-refractivity contribution in [3.8, 4) is 11.3 Å². The maximum atomic E-state index is 13.5. The van der Waals surface area contributed by atoms with Gasteiger partial charge >= 0.3 is 0 Å². The van der Waals surface area contributed by atoms with E-state index in [4.69, 9.17) is 5.10 Å². The van der Waals surface area contributed by atoms with E-state index in [0.29, 0.717) is 12.1 Å². The molecule has 1 N–H and O–H groups in total. The summed E-state index contributed by atoms with van der Waals surface area (Å²) >= 11 is 0. The van der Waals surface area contributed by atoms with Crippen molar-refractivity contribution in [2.45, 2.75) is 19.5 Å². The molecule has 1 aliphatic heterocycles. The van der Waals surface area contributed by atoms with Gasteiger partial charge in [-0.25, -0.2) is 8.78 Å². The van der Waals surface area contributed by atoms with Crippen LogP contribution in [0, 0.1) is 11.6 Å². The van der Waals surface area contributed by atoms with Crippen LogP contribution in [0.15, 0.2) is 42.7 Å². The smallest absolute Gasteiger partial charge is 0.159 e. The van der Waals surface area contributed by atoms with Gasteiger partial charge in [0, 0.05) is 48.7 Å². The second-order valence-corrected chi connectivity index (χ2v) is 5.84. The lowest BCUT2D eigenvalue weighted by atomic mass is 10.0. The van der Waals surface area contributed by atoms with E-state index in [0.717, 1.165) is 48.1 Å². The first kappa shape index (κ1) is 15.0. The number of rotatable bonds is 3. The fraction of sp³-hybridized carbons (Fsp3) is 0.222. The van der Waals surface area contributed by atoms with Gasteiger partial charge in [-0.3, -0.25) is 9.67 Å². The Labute approximate surface area is 138 Å². The number of aromatic nitrogens is 3. The van der Waals surface area contributed by atoms with Gasteiger partial charge in [-0.05, 0) is 29.8 Å². The second-order valence-electron chi connectivity index (χ2n) is 5.84. The van der Waals surface area contributed by atoms with Crippen molar-refractivity contribution < 1.29 is 8.78 Å². The Hall–Kier alpha value is -2.60. The molecule has 0 fully saturated rings. The van der Waals surface area contributed by atoms with Crippen LogP contribution in [0.3, 0.4) is 0 Å². The minimum Gasteiger partial charge on any atom is -0.312 e. The summed E-state index contributed by atoms with van der Waals surface area (Å²) in [4.78, 5) is 4.05. The summed E-state index contributed by atoms with van der Waals surface area (Å²) in [7, 11) is 0. The third kappa shape index (κ3) is 2.69. The zero-order valence-corrected chi connectivity index (χ0v) is 13.0. The first-order valence-electron chi connectivity index (χ1n) is 7.86. The van der Waals surface area contributed by atoms with Crippen LogP contribution in [0.5, 0.6) is 0 Å². The molecular weight excluding hydrogens is 310 g/mol. The first-order valence-corrected chi connectivity index (χ1v) is 7.86. The summed E-state index contributed by atoms with van der Waals surface area (Å²) in [5, 5.41) is 8.11. The van der Waals surface area contributed by atoms with Gasteiger partial charge in [0.05, 0.1) is 12.2 Å². The molecule has 0 spiro atoms.